The average molecular weight is 225 g/mol. The standard InChI is InChI=1S/C10H19N5O/c1-8-12-9(14-11)7-10(13-8)16-6-4-5-15(2)3/h7H,4-6,11H2,1-3H3,(H,12,13,14). The Morgan fingerprint density at radius 1 is 1.44 bits per heavy atom. The van der Waals surface area contributed by atoms with E-state index in [1.165, 1.54) is 0 Å². The molecule has 1 aromatic rings. The summed E-state index contributed by atoms with van der Waals surface area (Å²) in [4.78, 5) is 10.3. The molecule has 1 aromatic heterocycles. The number of hydrazine groups is 1. The first kappa shape index (κ1) is 12.7. The molecule has 0 aliphatic carbocycles. The van der Waals surface area contributed by atoms with Crippen molar-refractivity contribution in [3.63, 3.8) is 0 Å². The molecular formula is C10H19N5O. The molecule has 0 unspecified atom stereocenters. The zero-order chi connectivity index (χ0) is 12.0. The van der Waals surface area contributed by atoms with E-state index in [0.29, 0.717) is 24.1 Å². The summed E-state index contributed by atoms with van der Waals surface area (Å²) in [5, 5.41) is 0. The smallest absolute Gasteiger partial charge is 0.218 e. The number of nitrogens with one attached hydrogen (secondary N) is 1. The topological polar surface area (TPSA) is 76.3 Å². The van der Waals surface area contributed by atoms with Crippen molar-refractivity contribution >= 4 is 5.82 Å². The van der Waals surface area contributed by atoms with Crippen LogP contribution in [0.5, 0.6) is 5.88 Å². The second kappa shape index (κ2) is 6.24. The fourth-order valence-electron chi connectivity index (χ4n) is 1.25. The molecule has 6 nitrogen and oxygen atoms in total. The second-order valence-corrected chi connectivity index (χ2v) is 3.79. The van der Waals surface area contributed by atoms with Crippen molar-refractivity contribution in [2.24, 2.45) is 5.84 Å². The van der Waals surface area contributed by atoms with Gasteiger partial charge in [0.25, 0.3) is 0 Å². The first-order valence-electron chi connectivity index (χ1n) is 5.21. The van der Waals surface area contributed by atoms with E-state index in [1.807, 2.05) is 14.1 Å². The Kier molecular flexibility index (Phi) is 4.94. The summed E-state index contributed by atoms with van der Waals surface area (Å²) in [7, 11) is 4.07. The van der Waals surface area contributed by atoms with E-state index in [2.05, 4.69) is 20.3 Å². The molecule has 0 saturated carbocycles. The Labute approximate surface area is 95.8 Å². The van der Waals surface area contributed by atoms with Gasteiger partial charge in [-0.25, -0.2) is 10.8 Å². The number of hydrogen-bond donors (Lipinski definition) is 2. The van der Waals surface area contributed by atoms with Crippen molar-refractivity contribution < 1.29 is 4.74 Å². The number of anilines is 1. The lowest BCUT2D eigenvalue weighted by Gasteiger charge is -2.10. The van der Waals surface area contributed by atoms with Gasteiger partial charge < -0.3 is 15.1 Å². The van der Waals surface area contributed by atoms with Gasteiger partial charge in [-0.1, -0.05) is 0 Å². The molecule has 0 aliphatic heterocycles. The minimum absolute atomic E-state index is 0.555. The minimum atomic E-state index is 0.555. The Balaban J connectivity index is 2.44. The summed E-state index contributed by atoms with van der Waals surface area (Å²) in [5.74, 6) is 7.04. The quantitative estimate of drug-likeness (QED) is 0.414. The highest BCUT2D eigenvalue weighted by atomic mass is 16.5. The molecule has 0 atom stereocenters. The third-order valence-corrected chi connectivity index (χ3v) is 1.96. The first-order valence-corrected chi connectivity index (χ1v) is 5.21. The predicted molar refractivity (Wildman–Crippen MR) is 63.2 cm³/mol. The van der Waals surface area contributed by atoms with Crippen LogP contribution >= 0.6 is 0 Å². The predicted octanol–water partition coefficient (Wildman–Crippen LogP) is 0.401. The van der Waals surface area contributed by atoms with E-state index in [0.717, 1.165) is 13.0 Å². The largest absolute Gasteiger partial charge is 0.477 e. The summed E-state index contributed by atoms with van der Waals surface area (Å²) >= 11 is 0. The molecular weight excluding hydrogens is 206 g/mol. The van der Waals surface area contributed by atoms with Crippen LogP contribution in [0.2, 0.25) is 0 Å². The summed E-state index contributed by atoms with van der Waals surface area (Å²) in [5.41, 5.74) is 2.48. The molecule has 0 bridgehead atoms. The summed E-state index contributed by atoms with van der Waals surface area (Å²) < 4.78 is 5.51. The third kappa shape index (κ3) is 4.41. The van der Waals surface area contributed by atoms with E-state index in [1.54, 1.807) is 13.0 Å². The van der Waals surface area contributed by atoms with Crippen molar-refractivity contribution in [1.29, 1.82) is 0 Å². The third-order valence-electron chi connectivity index (χ3n) is 1.96. The molecule has 16 heavy (non-hydrogen) atoms. The second-order valence-electron chi connectivity index (χ2n) is 3.79. The van der Waals surface area contributed by atoms with Gasteiger partial charge in [0.1, 0.15) is 11.6 Å². The molecule has 1 rings (SSSR count). The molecule has 3 N–H and O–H groups in total. The molecule has 0 amide bonds. The van der Waals surface area contributed by atoms with Crippen molar-refractivity contribution in [3.05, 3.63) is 11.9 Å². The number of nitrogen functional groups attached to an aromatic ring is 1. The Hall–Kier alpha value is -1.40. The summed E-state index contributed by atoms with van der Waals surface area (Å²) in [6.45, 7) is 3.43. The number of nitrogens with two attached hydrogens (primary N) is 1. The monoisotopic (exact) mass is 225 g/mol. The van der Waals surface area contributed by atoms with Gasteiger partial charge >= 0.3 is 0 Å². The maximum atomic E-state index is 5.51. The zero-order valence-electron chi connectivity index (χ0n) is 10.0. The molecule has 0 fully saturated rings. The molecule has 1 heterocycles. The van der Waals surface area contributed by atoms with Crippen LogP contribution in [0.3, 0.4) is 0 Å². The van der Waals surface area contributed by atoms with Crippen LogP contribution in [-0.4, -0.2) is 42.1 Å². The van der Waals surface area contributed by atoms with E-state index < -0.39 is 0 Å². The SMILES string of the molecule is Cc1nc(NN)cc(OCCCN(C)C)n1. The molecule has 0 radical (unpaired) electrons. The number of rotatable bonds is 6. The normalized spacial score (nSPS) is 10.6. The van der Waals surface area contributed by atoms with Crippen LogP contribution in [0.4, 0.5) is 5.82 Å². The van der Waals surface area contributed by atoms with E-state index in [-0.39, 0.29) is 0 Å². The first-order chi connectivity index (χ1) is 7.61. The zero-order valence-corrected chi connectivity index (χ0v) is 10.0. The van der Waals surface area contributed by atoms with Gasteiger partial charge in [-0.2, -0.15) is 4.98 Å². The Morgan fingerprint density at radius 3 is 2.81 bits per heavy atom. The molecule has 0 aromatic carbocycles. The van der Waals surface area contributed by atoms with Gasteiger partial charge in [-0.05, 0) is 27.4 Å². The van der Waals surface area contributed by atoms with Crippen molar-refractivity contribution in [1.82, 2.24) is 14.9 Å². The number of aryl methyl sites for hydroxylation is 1. The van der Waals surface area contributed by atoms with Gasteiger partial charge in [0.2, 0.25) is 5.88 Å². The van der Waals surface area contributed by atoms with Crippen molar-refractivity contribution in [2.45, 2.75) is 13.3 Å². The molecule has 6 heteroatoms. The van der Waals surface area contributed by atoms with Crippen LogP contribution in [0.25, 0.3) is 0 Å². The Bertz CT molecular complexity index is 329. The number of nitrogens with zero attached hydrogens (tertiary/aromatic N) is 3. The lowest BCUT2D eigenvalue weighted by atomic mass is 10.4. The maximum absolute atomic E-state index is 5.51. The van der Waals surface area contributed by atoms with Gasteiger partial charge in [0.05, 0.1) is 6.61 Å². The van der Waals surface area contributed by atoms with Gasteiger partial charge in [-0.15, -0.1) is 0 Å². The van der Waals surface area contributed by atoms with Crippen LogP contribution < -0.4 is 16.0 Å². The lowest BCUT2D eigenvalue weighted by Crippen LogP contribution is -2.16. The summed E-state index contributed by atoms with van der Waals surface area (Å²) in [6.07, 6.45) is 0.960. The molecule has 90 valence electrons. The van der Waals surface area contributed by atoms with Crippen molar-refractivity contribution in [2.75, 3.05) is 32.7 Å². The minimum Gasteiger partial charge on any atom is -0.477 e. The fourth-order valence-corrected chi connectivity index (χ4v) is 1.25. The van der Waals surface area contributed by atoms with Crippen molar-refractivity contribution in [3.8, 4) is 5.88 Å². The Morgan fingerprint density at radius 2 is 2.19 bits per heavy atom. The maximum Gasteiger partial charge on any atom is 0.218 e. The van der Waals surface area contributed by atoms with E-state index >= 15 is 0 Å². The highest BCUT2D eigenvalue weighted by molar-refractivity contribution is 5.36. The van der Waals surface area contributed by atoms with E-state index in [4.69, 9.17) is 10.6 Å². The fraction of sp³-hybridized carbons (Fsp3) is 0.600. The van der Waals surface area contributed by atoms with Crippen LogP contribution in [0.1, 0.15) is 12.2 Å². The van der Waals surface area contributed by atoms with Gasteiger partial charge in [0.15, 0.2) is 0 Å². The number of ether oxygens (including phenoxy) is 1. The highest BCUT2D eigenvalue weighted by Gasteiger charge is 2.01. The van der Waals surface area contributed by atoms with Crippen LogP contribution in [-0.2, 0) is 0 Å². The van der Waals surface area contributed by atoms with Crippen LogP contribution in [0.15, 0.2) is 6.07 Å². The molecule has 0 spiro atoms. The van der Waals surface area contributed by atoms with Crippen LogP contribution in [0, 0.1) is 6.92 Å². The summed E-state index contributed by atoms with van der Waals surface area (Å²) in [6, 6.07) is 1.68. The number of aromatic nitrogens is 2. The molecule has 0 aliphatic rings. The van der Waals surface area contributed by atoms with Gasteiger partial charge in [-0.3, -0.25) is 0 Å². The highest BCUT2D eigenvalue weighted by Crippen LogP contribution is 2.12. The number of hydrogen-bond acceptors (Lipinski definition) is 6. The average Bonchev–Trinajstić information content (AvgIpc) is 2.23. The van der Waals surface area contributed by atoms with E-state index in [9.17, 15) is 0 Å². The molecule has 0 saturated heterocycles. The lowest BCUT2D eigenvalue weighted by molar-refractivity contribution is 0.272. The van der Waals surface area contributed by atoms with Gasteiger partial charge in [0, 0.05) is 12.6 Å².